The van der Waals surface area contributed by atoms with Gasteiger partial charge in [0, 0.05) is 6.07 Å². The topological polar surface area (TPSA) is 68.3 Å². The summed E-state index contributed by atoms with van der Waals surface area (Å²) in [7, 11) is -3.04. The van der Waals surface area contributed by atoms with E-state index in [1.54, 1.807) is 0 Å². The minimum absolute atomic E-state index is 0.0138. The van der Waals surface area contributed by atoms with Crippen LogP contribution in [0.2, 0.25) is 0 Å². The first-order valence-corrected chi connectivity index (χ1v) is 7.00. The molecule has 0 saturated carbocycles. The Morgan fingerprint density at radius 3 is 2.38 bits per heavy atom. The summed E-state index contributed by atoms with van der Waals surface area (Å²) in [5.74, 6) is -4.87. The van der Waals surface area contributed by atoms with E-state index in [2.05, 4.69) is 4.98 Å². The summed E-state index contributed by atoms with van der Waals surface area (Å²) in [5, 5.41) is 0. The van der Waals surface area contributed by atoms with Gasteiger partial charge in [-0.2, -0.15) is 0 Å². The number of hydrogen-bond acceptors (Lipinski definition) is 4. The van der Waals surface area contributed by atoms with Gasteiger partial charge in [0.05, 0.1) is 19.0 Å². The lowest BCUT2D eigenvalue weighted by atomic mass is 10.3. The fourth-order valence-electron chi connectivity index (χ4n) is 1.49. The minimum atomic E-state index is -4.42. The Bertz CT molecular complexity index is 764. The number of nitrogens with one attached hydrogen (secondary N) is 1. The zero-order valence-corrected chi connectivity index (χ0v) is 11.4. The number of halogens is 3. The molecule has 0 aliphatic carbocycles. The highest BCUT2D eigenvalue weighted by Gasteiger charge is 2.24. The fraction of sp³-hybridized carbons (Fsp3) is 0.0833. The molecule has 0 bridgehead atoms. The Balaban J connectivity index is 2.36. The second-order valence-electron chi connectivity index (χ2n) is 3.87. The number of anilines is 1. The molecule has 0 radical (unpaired) electrons. The van der Waals surface area contributed by atoms with Crippen LogP contribution in [0.25, 0.3) is 0 Å². The smallest absolute Gasteiger partial charge is 0.264 e. The van der Waals surface area contributed by atoms with Gasteiger partial charge in [0.15, 0.2) is 17.5 Å². The quantitative estimate of drug-likeness (QED) is 0.879. The molecule has 1 N–H and O–H groups in total. The summed E-state index contributed by atoms with van der Waals surface area (Å²) in [6.07, 6.45) is 1.13. The van der Waals surface area contributed by atoms with Crippen LogP contribution in [0.4, 0.5) is 18.9 Å². The van der Waals surface area contributed by atoms with Crippen LogP contribution < -0.4 is 9.46 Å². The van der Waals surface area contributed by atoms with Crippen molar-refractivity contribution < 1.29 is 26.3 Å². The Kier molecular flexibility index (Phi) is 4.03. The SMILES string of the molecule is COc1ccc(NS(=O)(=O)c2ccc(F)c(F)c2F)cn1. The van der Waals surface area contributed by atoms with Crippen LogP contribution in [0, 0.1) is 17.5 Å². The number of pyridine rings is 1. The van der Waals surface area contributed by atoms with Gasteiger partial charge in [-0.1, -0.05) is 0 Å². The zero-order chi connectivity index (χ0) is 15.6. The van der Waals surface area contributed by atoms with Crippen LogP contribution in [0.1, 0.15) is 0 Å². The van der Waals surface area contributed by atoms with Crippen molar-refractivity contribution in [3.8, 4) is 5.88 Å². The number of ether oxygens (including phenoxy) is 1. The monoisotopic (exact) mass is 318 g/mol. The van der Waals surface area contributed by atoms with E-state index in [1.807, 2.05) is 4.72 Å². The second kappa shape index (κ2) is 5.60. The maximum Gasteiger partial charge on any atom is 0.264 e. The van der Waals surface area contributed by atoms with Gasteiger partial charge in [-0.05, 0) is 18.2 Å². The highest BCUT2D eigenvalue weighted by atomic mass is 32.2. The van der Waals surface area contributed by atoms with Crippen LogP contribution in [-0.4, -0.2) is 20.5 Å². The molecule has 5 nitrogen and oxygen atoms in total. The van der Waals surface area contributed by atoms with Gasteiger partial charge in [0.25, 0.3) is 10.0 Å². The van der Waals surface area contributed by atoms with E-state index in [0.717, 1.165) is 6.20 Å². The van der Waals surface area contributed by atoms with Crippen LogP contribution >= 0.6 is 0 Å². The Morgan fingerprint density at radius 1 is 1.10 bits per heavy atom. The largest absolute Gasteiger partial charge is 0.481 e. The lowest BCUT2D eigenvalue weighted by Gasteiger charge is -2.09. The number of methoxy groups -OCH3 is 1. The first kappa shape index (κ1) is 15.1. The van der Waals surface area contributed by atoms with Gasteiger partial charge < -0.3 is 4.74 Å². The molecular weight excluding hydrogens is 309 g/mol. The third kappa shape index (κ3) is 3.07. The molecule has 0 aliphatic rings. The summed E-state index contributed by atoms with van der Waals surface area (Å²) in [5.41, 5.74) is 0.0138. The zero-order valence-electron chi connectivity index (χ0n) is 10.6. The summed E-state index contributed by atoms with van der Waals surface area (Å²) in [6.45, 7) is 0. The molecule has 21 heavy (non-hydrogen) atoms. The molecule has 112 valence electrons. The van der Waals surface area contributed by atoms with Crippen molar-refractivity contribution in [3.05, 3.63) is 47.9 Å². The third-order valence-electron chi connectivity index (χ3n) is 2.49. The van der Waals surface area contributed by atoms with E-state index in [4.69, 9.17) is 4.74 Å². The Morgan fingerprint density at radius 2 is 1.81 bits per heavy atom. The van der Waals surface area contributed by atoms with Crippen LogP contribution in [0.5, 0.6) is 5.88 Å². The first-order chi connectivity index (χ1) is 9.85. The van der Waals surface area contributed by atoms with Crippen molar-refractivity contribution in [1.29, 1.82) is 0 Å². The molecule has 1 aromatic carbocycles. The van der Waals surface area contributed by atoms with E-state index in [-0.39, 0.29) is 11.6 Å². The number of aromatic nitrogens is 1. The molecule has 2 aromatic rings. The number of sulfonamides is 1. The molecule has 0 atom stereocenters. The highest BCUT2D eigenvalue weighted by Crippen LogP contribution is 2.22. The number of nitrogens with zero attached hydrogens (tertiary/aromatic N) is 1. The van der Waals surface area contributed by atoms with E-state index in [1.165, 1.54) is 19.2 Å². The summed E-state index contributed by atoms with van der Waals surface area (Å²) < 4.78 is 70.1. The fourth-order valence-corrected chi connectivity index (χ4v) is 2.60. The minimum Gasteiger partial charge on any atom is -0.481 e. The molecule has 0 amide bonds. The van der Waals surface area contributed by atoms with Gasteiger partial charge in [-0.25, -0.2) is 26.6 Å². The average molecular weight is 318 g/mol. The van der Waals surface area contributed by atoms with Crippen LogP contribution in [0.15, 0.2) is 35.4 Å². The van der Waals surface area contributed by atoms with Gasteiger partial charge in [0.2, 0.25) is 5.88 Å². The van der Waals surface area contributed by atoms with Gasteiger partial charge in [-0.3, -0.25) is 4.72 Å². The standard InChI is InChI=1S/C12H9F3N2O3S/c1-20-10-5-2-7(6-16-10)17-21(18,19)9-4-3-8(13)11(14)12(9)15/h2-6,17H,1H3. The molecule has 0 saturated heterocycles. The van der Waals surface area contributed by atoms with Crippen molar-refractivity contribution in [2.24, 2.45) is 0 Å². The second-order valence-corrected chi connectivity index (χ2v) is 5.52. The van der Waals surface area contributed by atoms with E-state index in [0.29, 0.717) is 12.1 Å². The maximum absolute atomic E-state index is 13.5. The molecule has 1 heterocycles. The van der Waals surface area contributed by atoms with Crippen molar-refractivity contribution in [3.63, 3.8) is 0 Å². The predicted octanol–water partition coefficient (Wildman–Crippen LogP) is 2.31. The maximum atomic E-state index is 13.5. The van der Waals surface area contributed by atoms with Crippen molar-refractivity contribution in [2.45, 2.75) is 4.90 Å². The lowest BCUT2D eigenvalue weighted by Crippen LogP contribution is -2.16. The molecule has 1 aromatic heterocycles. The van der Waals surface area contributed by atoms with E-state index in [9.17, 15) is 21.6 Å². The average Bonchev–Trinajstić information content (AvgIpc) is 2.45. The van der Waals surface area contributed by atoms with Gasteiger partial charge in [0.1, 0.15) is 4.90 Å². The summed E-state index contributed by atoms with van der Waals surface area (Å²) in [6, 6.07) is 3.85. The normalized spacial score (nSPS) is 11.2. The predicted molar refractivity (Wildman–Crippen MR) is 67.9 cm³/mol. The Labute approximate surface area is 118 Å². The van der Waals surface area contributed by atoms with Crippen LogP contribution in [0.3, 0.4) is 0 Å². The molecule has 0 unspecified atom stereocenters. The van der Waals surface area contributed by atoms with Crippen molar-refractivity contribution >= 4 is 15.7 Å². The van der Waals surface area contributed by atoms with Gasteiger partial charge in [-0.15, -0.1) is 0 Å². The summed E-state index contributed by atoms with van der Waals surface area (Å²) in [4.78, 5) is 2.75. The molecular formula is C12H9F3N2O3S. The number of rotatable bonds is 4. The van der Waals surface area contributed by atoms with Gasteiger partial charge >= 0.3 is 0 Å². The molecule has 0 spiro atoms. The Hall–Kier alpha value is -2.29. The molecule has 2 rings (SSSR count). The summed E-state index contributed by atoms with van der Waals surface area (Å²) >= 11 is 0. The molecule has 0 fully saturated rings. The van der Waals surface area contributed by atoms with Crippen LogP contribution in [-0.2, 0) is 10.0 Å². The number of hydrogen-bond donors (Lipinski definition) is 1. The molecule has 9 heteroatoms. The first-order valence-electron chi connectivity index (χ1n) is 5.51. The van der Waals surface area contributed by atoms with E-state index < -0.39 is 32.4 Å². The molecule has 0 aliphatic heterocycles. The lowest BCUT2D eigenvalue weighted by molar-refractivity contribution is 0.398. The van der Waals surface area contributed by atoms with E-state index >= 15 is 0 Å². The van der Waals surface area contributed by atoms with Crippen molar-refractivity contribution in [1.82, 2.24) is 4.98 Å². The van der Waals surface area contributed by atoms with Crippen molar-refractivity contribution in [2.75, 3.05) is 11.8 Å². The third-order valence-corrected chi connectivity index (χ3v) is 3.89. The highest BCUT2D eigenvalue weighted by molar-refractivity contribution is 7.92. The number of benzene rings is 1.